The van der Waals surface area contributed by atoms with Gasteiger partial charge in [0.05, 0.1) is 6.54 Å². The van der Waals surface area contributed by atoms with Crippen molar-refractivity contribution >= 4 is 15.9 Å². The molecule has 1 aromatic heterocycles. The molecule has 0 bridgehead atoms. The van der Waals surface area contributed by atoms with Crippen LogP contribution in [0, 0.1) is 0 Å². The first-order valence-electron chi connectivity index (χ1n) is 6.15. The topological polar surface area (TPSA) is 43.6 Å². The highest BCUT2D eigenvalue weighted by molar-refractivity contribution is 9.10. The van der Waals surface area contributed by atoms with Crippen LogP contribution in [-0.2, 0) is 13.1 Å². The number of fused-ring (bicyclic) bond motifs is 1. The largest absolute Gasteiger partial charge is 0.486 e. The van der Waals surface area contributed by atoms with Gasteiger partial charge in [-0.1, -0.05) is 6.07 Å². The van der Waals surface area contributed by atoms with Crippen LogP contribution in [0.25, 0.3) is 0 Å². The maximum Gasteiger partial charge on any atom is 0.169 e. The average Bonchev–Trinajstić information content (AvgIpc) is 2.84. The Morgan fingerprint density at radius 2 is 1.84 bits per heavy atom. The Morgan fingerprint density at radius 1 is 1.00 bits per heavy atom. The van der Waals surface area contributed by atoms with Crippen LogP contribution in [0.1, 0.15) is 11.3 Å². The lowest BCUT2D eigenvalue weighted by atomic mass is 10.2. The number of benzene rings is 1. The molecule has 0 atom stereocenters. The first-order valence-corrected chi connectivity index (χ1v) is 6.94. The minimum absolute atomic E-state index is 0.615. The summed E-state index contributed by atoms with van der Waals surface area (Å²) in [6, 6.07) is 9.84. The standard InChI is InChI=1S/C14H14BrNO3/c15-14-4-2-11(19-14)9-16-8-10-1-3-12-13(7-10)18-6-5-17-12/h1-4,7,16H,5-6,8-9H2. The van der Waals surface area contributed by atoms with E-state index < -0.39 is 0 Å². The summed E-state index contributed by atoms with van der Waals surface area (Å²) in [6.07, 6.45) is 0. The molecule has 0 spiro atoms. The van der Waals surface area contributed by atoms with Crippen LogP contribution in [0.15, 0.2) is 39.4 Å². The summed E-state index contributed by atoms with van der Waals surface area (Å²) in [5.41, 5.74) is 1.16. The molecule has 3 rings (SSSR count). The predicted octanol–water partition coefficient (Wildman–Crippen LogP) is 3.10. The summed E-state index contributed by atoms with van der Waals surface area (Å²) in [4.78, 5) is 0. The van der Waals surface area contributed by atoms with Crippen LogP contribution in [0.3, 0.4) is 0 Å². The van der Waals surface area contributed by atoms with E-state index in [1.807, 2.05) is 30.3 Å². The molecule has 0 radical (unpaired) electrons. The molecular weight excluding hydrogens is 310 g/mol. The quantitative estimate of drug-likeness (QED) is 0.939. The number of furan rings is 1. The summed E-state index contributed by atoms with van der Waals surface area (Å²) in [5, 5.41) is 3.33. The van der Waals surface area contributed by atoms with Crippen LogP contribution in [0.4, 0.5) is 0 Å². The Hall–Kier alpha value is -1.46. The zero-order chi connectivity index (χ0) is 13.1. The highest BCUT2D eigenvalue weighted by Crippen LogP contribution is 2.30. The second-order valence-corrected chi connectivity index (χ2v) is 5.07. The van der Waals surface area contributed by atoms with Gasteiger partial charge in [0.15, 0.2) is 16.2 Å². The molecule has 0 saturated carbocycles. The van der Waals surface area contributed by atoms with E-state index in [9.17, 15) is 0 Å². The van der Waals surface area contributed by atoms with E-state index in [1.54, 1.807) is 0 Å². The number of nitrogens with one attached hydrogen (secondary N) is 1. The molecule has 0 unspecified atom stereocenters. The Kier molecular flexibility index (Phi) is 3.75. The predicted molar refractivity (Wildman–Crippen MR) is 74.4 cm³/mol. The monoisotopic (exact) mass is 323 g/mol. The fraction of sp³-hybridized carbons (Fsp3) is 0.286. The van der Waals surface area contributed by atoms with Crippen molar-refractivity contribution in [2.75, 3.05) is 13.2 Å². The molecule has 0 saturated heterocycles. The fourth-order valence-electron chi connectivity index (χ4n) is 1.97. The van der Waals surface area contributed by atoms with Gasteiger partial charge in [-0.15, -0.1) is 0 Å². The second kappa shape index (κ2) is 5.67. The third-order valence-corrected chi connectivity index (χ3v) is 3.29. The molecular formula is C14H14BrNO3. The lowest BCUT2D eigenvalue weighted by molar-refractivity contribution is 0.171. The minimum Gasteiger partial charge on any atom is -0.486 e. The van der Waals surface area contributed by atoms with Crippen LogP contribution in [0.5, 0.6) is 11.5 Å². The normalized spacial score (nSPS) is 13.5. The van der Waals surface area contributed by atoms with Crippen molar-refractivity contribution in [2.24, 2.45) is 0 Å². The summed E-state index contributed by atoms with van der Waals surface area (Å²) in [6.45, 7) is 2.69. The van der Waals surface area contributed by atoms with Gasteiger partial charge in [0.1, 0.15) is 19.0 Å². The fourth-order valence-corrected chi connectivity index (χ4v) is 2.31. The highest BCUT2D eigenvalue weighted by atomic mass is 79.9. The minimum atomic E-state index is 0.615. The lowest BCUT2D eigenvalue weighted by Gasteiger charge is -2.18. The molecule has 1 aliphatic rings. The van der Waals surface area contributed by atoms with E-state index in [0.29, 0.717) is 19.8 Å². The Labute approximate surface area is 119 Å². The highest BCUT2D eigenvalue weighted by Gasteiger charge is 2.11. The van der Waals surface area contributed by atoms with E-state index in [1.165, 1.54) is 0 Å². The van der Waals surface area contributed by atoms with Crippen molar-refractivity contribution in [3.05, 3.63) is 46.3 Å². The zero-order valence-electron chi connectivity index (χ0n) is 10.3. The van der Waals surface area contributed by atoms with Crippen molar-refractivity contribution in [1.82, 2.24) is 5.32 Å². The summed E-state index contributed by atoms with van der Waals surface area (Å²) in [5.74, 6) is 2.56. The maximum absolute atomic E-state index is 5.55. The molecule has 0 amide bonds. The van der Waals surface area contributed by atoms with E-state index in [0.717, 1.165) is 34.0 Å². The number of hydrogen-bond donors (Lipinski definition) is 1. The average molecular weight is 324 g/mol. The van der Waals surface area contributed by atoms with E-state index in [2.05, 4.69) is 21.2 Å². The maximum atomic E-state index is 5.55. The van der Waals surface area contributed by atoms with Gasteiger partial charge in [0.25, 0.3) is 0 Å². The van der Waals surface area contributed by atoms with Gasteiger partial charge in [-0.25, -0.2) is 0 Å². The molecule has 1 aliphatic heterocycles. The third-order valence-electron chi connectivity index (χ3n) is 2.86. The van der Waals surface area contributed by atoms with Crippen molar-refractivity contribution in [3.8, 4) is 11.5 Å². The number of ether oxygens (including phenoxy) is 2. The first kappa shape index (κ1) is 12.6. The third kappa shape index (κ3) is 3.11. The molecule has 2 aromatic rings. The van der Waals surface area contributed by atoms with Gasteiger partial charge in [-0.2, -0.15) is 0 Å². The van der Waals surface area contributed by atoms with E-state index >= 15 is 0 Å². The number of halogens is 1. The Bertz CT molecular complexity index is 568. The van der Waals surface area contributed by atoms with Crippen LogP contribution >= 0.6 is 15.9 Å². The molecule has 2 heterocycles. The van der Waals surface area contributed by atoms with Crippen molar-refractivity contribution in [2.45, 2.75) is 13.1 Å². The Morgan fingerprint density at radius 3 is 2.63 bits per heavy atom. The van der Waals surface area contributed by atoms with Gasteiger partial charge in [-0.3, -0.25) is 0 Å². The molecule has 4 nitrogen and oxygen atoms in total. The molecule has 1 aromatic carbocycles. The molecule has 5 heteroatoms. The molecule has 19 heavy (non-hydrogen) atoms. The smallest absolute Gasteiger partial charge is 0.169 e. The van der Waals surface area contributed by atoms with Crippen molar-refractivity contribution < 1.29 is 13.9 Å². The lowest BCUT2D eigenvalue weighted by Crippen LogP contribution is -2.16. The number of rotatable bonds is 4. The van der Waals surface area contributed by atoms with Crippen molar-refractivity contribution in [1.29, 1.82) is 0 Å². The van der Waals surface area contributed by atoms with Crippen molar-refractivity contribution in [3.63, 3.8) is 0 Å². The van der Waals surface area contributed by atoms with Gasteiger partial charge >= 0.3 is 0 Å². The van der Waals surface area contributed by atoms with Gasteiger partial charge in [0.2, 0.25) is 0 Å². The summed E-state index contributed by atoms with van der Waals surface area (Å²) in [7, 11) is 0. The second-order valence-electron chi connectivity index (χ2n) is 4.29. The van der Waals surface area contributed by atoms with E-state index in [4.69, 9.17) is 13.9 Å². The molecule has 100 valence electrons. The van der Waals surface area contributed by atoms with Crippen LogP contribution in [-0.4, -0.2) is 13.2 Å². The molecule has 0 fully saturated rings. The molecule has 1 N–H and O–H groups in total. The SMILES string of the molecule is Brc1ccc(CNCc2ccc3c(c2)OCCO3)o1. The van der Waals surface area contributed by atoms with Crippen LogP contribution in [0.2, 0.25) is 0 Å². The van der Waals surface area contributed by atoms with Gasteiger partial charge < -0.3 is 19.2 Å². The zero-order valence-corrected chi connectivity index (χ0v) is 11.9. The van der Waals surface area contributed by atoms with Crippen LogP contribution < -0.4 is 14.8 Å². The number of hydrogen-bond acceptors (Lipinski definition) is 4. The van der Waals surface area contributed by atoms with Gasteiger partial charge in [0, 0.05) is 6.54 Å². The Balaban J connectivity index is 1.58. The van der Waals surface area contributed by atoms with Gasteiger partial charge in [-0.05, 0) is 45.8 Å². The van der Waals surface area contributed by atoms with E-state index in [-0.39, 0.29) is 0 Å². The summed E-state index contributed by atoms with van der Waals surface area (Å²) >= 11 is 3.29. The first-order chi connectivity index (χ1) is 9.31. The molecule has 0 aliphatic carbocycles. The summed E-state index contributed by atoms with van der Waals surface area (Å²) < 4.78 is 17.2.